The van der Waals surface area contributed by atoms with E-state index >= 15 is 0 Å². The molecule has 2 amide bonds. The van der Waals surface area contributed by atoms with Gasteiger partial charge >= 0.3 is 5.97 Å². The molecule has 1 aliphatic rings. The molecule has 0 saturated carbocycles. The van der Waals surface area contributed by atoms with E-state index in [0.29, 0.717) is 16.9 Å². The van der Waals surface area contributed by atoms with Gasteiger partial charge in [-0.3, -0.25) is 9.59 Å². The van der Waals surface area contributed by atoms with Crippen molar-refractivity contribution < 1.29 is 19.1 Å². The van der Waals surface area contributed by atoms with Crippen LogP contribution in [0, 0.1) is 13.8 Å². The molecule has 2 aromatic carbocycles. The largest absolute Gasteiger partial charge is 0.459 e. The van der Waals surface area contributed by atoms with Crippen molar-refractivity contribution in [3.63, 3.8) is 0 Å². The third-order valence-electron chi connectivity index (χ3n) is 4.60. The predicted molar refractivity (Wildman–Crippen MR) is 112 cm³/mol. The van der Waals surface area contributed by atoms with Gasteiger partial charge < -0.3 is 10.1 Å². The van der Waals surface area contributed by atoms with Crippen LogP contribution in [-0.4, -0.2) is 23.9 Å². The number of nitrogens with one attached hydrogen (secondary N) is 1. The van der Waals surface area contributed by atoms with Crippen LogP contribution in [0.3, 0.4) is 0 Å². The highest BCUT2D eigenvalue weighted by atomic mass is 35.5. The molecule has 0 aliphatic carbocycles. The van der Waals surface area contributed by atoms with Gasteiger partial charge in [-0.15, -0.1) is 0 Å². The fourth-order valence-corrected chi connectivity index (χ4v) is 3.11. The summed E-state index contributed by atoms with van der Waals surface area (Å²) in [6.07, 6.45) is -0.245. The van der Waals surface area contributed by atoms with E-state index in [-0.39, 0.29) is 16.8 Å². The molecule has 7 heteroatoms. The normalized spacial score (nSPS) is 14.1. The number of ether oxygens (including phenoxy) is 1. The monoisotopic (exact) mass is 412 g/mol. The summed E-state index contributed by atoms with van der Waals surface area (Å²) in [5.74, 6) is -1.65. The zero-order valence-electron chi connectivity index (χ0n) is 16.6. The number of imide groups is 1. The van der Waals surface area contributed by atoms with Gasteiger partial charge in [0.2, 0.25) is 0 Å². The second-order valence-electron chi connectivity index (χ2n) is 7.01. The standard InChI is InChI=1S/C22H21ClN2O4/c1-12(2)29-22(28)15-8-10-16(11-9-15)25-20(26)18(23)19(21(25)27)24-17-7-5-6-13(3)14(17)4/h5-12,24H,1-4H3. The van der Waals surface area contributed by atoms with E-state index in [1.807, 2.05) is 32.0 Å². The molecule has 0 bridgehead atoms. The van der Waals surface area contributed by atoms with Gasteiger partial charge in [-0.2, -0.15) is 0 Å². The van der Waals surface area contributed by atoms with Crippen LogP contribution >= 0.6 is 11.6 Å². The summed E-state index contributed by atoms with van der Waals surface area (Å²) >= 11 is 6.18. The van der Waals surface area contributed by atoms with E-state index in [0.717, 1.165) is 16.0 Å². The molecule has 0 radical (unpaired) electrons. The third kappa shape index (κ3) is 4.03. The van der Waals surface area contributed by atoms with Crippen molar-refractivity contribution in [3.05, 3.63) is 69.9 Å². The van der Waals surface area contributed by atoms with Gasteiger partial charge in [0.15, 0.2) is 0 Å². The Kier molecular flexibility index (Phi) is 5.75. The van der Waals surface area contributed by atoms with Crippen molar-refractivity contribution in [2.45, 2.75) is 33.8 Å². The highest BCUT2D eigenvalue weighted by molar-refractivity contribution is 6.53. The fraction of sp³-hybridized carbons (Fsp3) is 0.227. The van der Waals surface area contributed by atoms with Crippen molar-refractivity contribution in [2.75, 3.05) is 10.2 Å². The van der Waals surface area contributed by atoms with Crippen LogP contribution in [0.1, 0.15) is 35.3 Å². The van der Waals surface area contributed by atoms with E-state index in [1.54, 1.807) is 13.8 Å². The van der Waals surface area contributed by atoms with E-state index in [4.69, 9.17) is 16.3 Å². The molecule has 6 nitrogen and oxygen atoms in total. The summed E-state index contributed by atoms with van der Waals surface area (Å²) in [6, 6.07) is 11.7. The lowest BCUT2D eigenvalue weighted by molar-refractivity contribution is -0.120. The van der Waals surface area contributed by atoms with E-state index in [1.165, 1.54) is 24.3 Å². The molecule has 0 unspecified atom stereocenters. The molecule has 0 saturated heterocycles. The van der Waals surface area contributed by atoms with E-state index < -0.39 is 17.8 Å². The Morgan fingerprint density at radius 2 is 1.69 bits per heavy atom. The van der Waals surface area contributed by atoms with Crippen LogP contribution in [0.5, 0.6) is 0 Å². The van der Waals surface area contributed by atoms with Crippen LogP contribution in [-0.2, 0) is 14.3 Å². The first-order valence-electron chi connectivity index (χ1n) is 9.13. The SMILES string of the molecule is Cc1cccc(NC2=C(Cl)C(=O)N(c3ccc(C(=O)OC(C)C)cc3)C2=O)c1C. The maximum atomic E-state index is 12.9. The first-order chi connectivity index (χ1) is 13.7. The van der Waals surface area contributed by atoms with Crippen LogP contribution in [0.2, 0.25) is 0 Å². The Labute approximate surface area is 174 Å². The molecule has 150 valence electrons. The average Bonchev–Trinajstić information content (AvgIpc) is 2.88. The molecule has 0 spiro atoms. The smallest absolute Gasteiger partial charge is 0.338 e. The topological polar surface area (TPSA) is 75.7 Å². The minimum atomic E-state index is -0.623. The minimum Gasteiger partial charge on any atom is -0.459 e. The molecule has 2 aromatic rings. The number of anilines is 2. The van der Waals surface area contributed by atoms with Crippen molar-refractivity contribution >= 4 is 40.8 Å². The number of carbonyl (C=O) groups excluding carboxylic acids is 3. The number of amides is 2. The fourth-order valence-electron chi connectivity index (χ4n) is 2.90. The molecule has 0 atom stereocenters. The molecule has 1 aliphatic heterocycles. The van der Waals surface area contributed by atoms with Gasteiger partial charge in [0, 0.05) is 5.69 Å². The van der Waals surface area contributed by atoms with Gasteiger partial charge in [-0.05, 0) is 69.2 Å². The lowest BCUT2D eigenvalue weighted by Crippen LogP contribution is -2.32. The number of halogens is 1. The number of rotatable bonds is 5. The summed E-state index contributed by atoms with van der Waals surface area (Å²) in [5, 5.41) is 2.81. The zero-order chi connectivity index (χ0) is 21.3. The molecule has 1 N–H and O–H groups in total. The lowest BCUT2D eigenvalue weighted by Gasteiger charge is -2.16. The molecule has 1 heterocycles. The summed E-state index contributed by atoms with van der Waals surface area (Å²) in [7, 11) is 0. The zero-order valence-corrected chi connectivity index (χ0v) is 17.3. The number of carbonyl (C=O) groups is 3. The number of aryl methyl sites for hydroxylation is 1. The number of benzene rings is 2. The lowest BCUT2D eigenvalue weighted by atomic mass is 10.1. The molecule has 29 heavy (non-hydrogen) atoms. The van der Waals surface area contributed by atoms with Gasteiger partial charge in [-0.1, -0.05) is 23.7 Å². The molecular formula is C22H21ClN2O4. The van der Waals surface area contributed by atoms with Crippen LogP contribution in [0.15, 0.2) is 53.2 Å². The van der Waals surface area contributed by atoms with Crippen molar-refractivity contribution in [1.82, 2.24) is 0 Å². The highest BCUT2D eigenvalue weighted by Gasteiger charge is 2.39. The van der Waals surface area contributed by atoms with Crippen molar-refractivity contribution in [2.24, 2.45) is 0 Å². The first-order valence-corrected chi connectivity index (χ1v) is 9.51. The van der Waals surface area contributed by atoms with Gasteiger partial charge in [0.05, 0.1) is 17.4 Å². The second kappa shape index (κ2) is 8.09. The van der Waals surface area contributed by atoms with Gasteiger partial charge in [0.1, 0.15) is 10.7 Å². The number of hydrogen-bond acceptors (Lipinski definition) is 5. The summed E-state index contributed by atoms with van der Waals surface area (Å²) in [6.45, 7) is 7.38. The first kappa shape index (κ1) is 20.6. The van der Waals surface area contributed by atoms with E-state index in [2.05, 4.69) is 5.32 Å². The Balaban J connectivity index is 1.84. The Morgan fingerprint density at radius 3 is 2.31 bits per heavy atom. The predicted octanol–water partition coefficient (Wildman–Crippen LogP) is 4.30. The average molecular weight is 413 g/mol. The van der Waals surface area contributed by atoms with Gasteiger partial charge in [-0.25, -0.2) is 9.69 Å². The quantitative estimate of drug-likeness (QED) is 0.585. The third-order valence-corrected chi connectivity index (χ3v) is 4.95. The highest BCUT2D eigenvalue weighted by Crippen LogP contribution is 2.31. The van der Waals surface area contributed by atoms with Crippen LogP contribution in [0.25, 0.3) is 0 Å². The Hall–Kier alpha value is -3.12. The minimum absolute atomic E-state index is 0.0219. The van der Waals surface area contributed by atoms with Crippen LogP contribution in [0.4, 0.5) is 11.4 Å². The molecule has 3 rings (SSSR count). The maximum Gasteiger partial charge on any atom is 0.338 e. The van der Waals surface area contributed by atoms with E-state index in [9.17, 15) is 14.4 Å². The Bertz CT molecular complexity index is 1030. The summed E-state index contributed by atoms with van der Waals surface area (Å²) in [5.41, 5.74) is 3.37. The Morgan fingerprint density at radius 1 is 1.03 bits per heavy atom. The molecular weight excluding hydrogens is 392 g/mol. The molecule has 0 fully saturated rings. The summed E-state index contributed by atoms with van der Waals surface area (Å²) in [4.78, 5) is 38.5. The second-order valence-corrected chi connectivity index (χ2v) is 7.39. The summed E-state index contributed by atoms with van der Waals surface area (Å²) < 4.78 is 5.14. The van der Waals surface area contributed by atoms with Crippen LogP contribution < -0.4 is 10.2 Å². The number of nitrogens with zero attached hydrogens (tertiary/aromatic N) is 1. The van der Waals surface area contributed by atoms with Gasteiger partial charge in [0.25, 0.3) is 11.8 Å². The maximum absolute atomic E-state index is 12.9. The van der Waals surface area contributed by atoms with Crippen molar-refractivity contribution in [1.29, 1.82) is 0 Å². The number of hydrogen-bond donors (Lipinski definition) is 1. The number of esters is 1. The van der Waals surface area contributed by atoms with Crippen molar-refractivity contribution in [3.8, 4) is 0 Å². The molecule has 0 aromatic heterocycles.